The molecule has 1 saturated carbocycles. The van der Waals surface area contributed by atoms with Gasteiger partial charge in [0.1, 0.15) is 5.75 Å². The van der Waals surface area contributed by atoms with E-state index >= 15 is 0 Å². The van der Waals surface area contributed by atoms with Crippen LogP contribution in [0, 0.1) is 0 Å². The maximum absolute atomic E-state index is 9.67. The van der Waals surface area contributed by atoms with Crippen LogP contribution in [0.2, 0.25) is 0 Å². The van der Waals surface area contributed by atoms with Crippen molar-refractivity contribution in [3.63, 3.8) is 0 Å². The smallest absolute Gasteiger partial charge is 0.162 e. The molecule has 3 nitrogen and oxygen atoms in total. The van der Waals surface area contributed by atoms with Crippen LogP contribution in [-0.4, -0.2) is 15.1 Å². The molecule has 0 saturated heterocycles. The van der Waals surface area contributed by atoms with Gasteiger partial charge in [-0.1, -0.05) is 12.1 Å². The Morgan fingerprint density at radius 2 is 1.75 bits per heavy atom. The van der Waals surface area contributed by atoms with Gasteiger partial charge in [0.05, 0.1) is 5.56 Å². The van der Waals surface area contributed by atoms with Crippen LogP contribution in [0.3, 0.4) is 0 Å². The summed E-state index contributed by atoms with van der Waals surface area (Å²) in [5.74, 6) is 1.47. The highest BCUT2D eigenvalue weighted by Crippen LogP contribution is 2.39. The second-order valence-corrected chi connectivity index (χ2v) is 4.13. The van der Waals surface area contributed by atoms with Crippen molar-refractivity contribution in [2.24, 2.45) is 0 Å². The van der Waals surface area contributed by atoms with E-state index in [0.29, 0.717) is 17.3 Å². The van der Waals surface area contributed by atoms with Crippen LogP contribution >= 0.6 is 0 Å². The van der Waals surface area contributed by atoms with Gasteiger partial charge in [-0.25, -0.2) is 9.97 Å². The van der Waals surface area contributed by atoms with Crippen molar-refractivity contribution < 1.29 is 5.11 Å². The fourth-order valence-corrected chi connectivity index (χ4v) is 1.77. The lowest BCUT2D eigenvalue weighted by atomic mass is 10.2. The summed E-state index contributed by atoms with van der Waals surface area (Å²) in [5, 5.41) is 9.67. The highest BCUT2D eigenvalue weighted by atomic mass is 16.3. The first kappa shape index (κ1) is 9.33. The average Bonchev–Trinajstić information content (AvgIpc) is 3.14. The molecule has 0 spiro atoms. The summed E-state index contributed by atoms with van der Waals surface area (Å²) in [6.45, 7) is 0. The van der Waals surface area contributed by atoms with E-state index in [0.717, 1.165) is 0 Å². The minimum atomic E-state index is 0.224. The van der Waals surface area contributed by atoms with E-state index in [4.69, 9.17) is 0 Å². The van der Waals surface area contributed by atoms with E-state index < -0.39 is 0 Å². The molecule has 1 aliphatic rings. The fourth-order valence-electron chi connectivity index (χ4n) is 1.77. The predicted octanol–water partition coefficient (Wildman–Crippen LogP) is 2.73. The number of aromatic nitrogens is 2. The second kappa shape index (κ2) is 3.59. The molecule has 3 heteroatoms. The van der Waals surface area contributed by atoms with E-state index in [1.807, 2.05) is 24.5 Å². The van der Waals surface area contributed by atoms with Crippen LogP contribution in [0.1, 0.15) is 24.3 Å². The van der Waals surface area contributed by atoms with E-state index in [9.17, 15) is 5.11 Å². The molecule has 1 aromatic carbocycles. The lowest BCUT2D eigenvalue weighted by molar-refractivity contribution is 0.477. The molecule has 1 fully saturated rings. The molecule has 80 valence electrons. The zero-order valence-corrected chi connectivity index (χ0v) is 8.80. The van der Waals surface area contributed by atoms with Gasteiger partial charge in [0.25, 0.3) is 0 Å². The van der Waals surface area contributed by atoms with Crippen molar-refractivity contribution in [1.29, 1.82) is 0 Å². The average molecular weight is 212 g/mol. The molecule has 0 aliphatic heterocycles. The Morgan fingerprint density at radius 3 is 2.38 bits per heavy atom. The predicted molar refractivity (Wildman–Crippen MR) is 61.1 cm³/mol. The summed E-state index contributed by atoms with van der Waals surface area (Å²) in [5.41, 5.74) is 1.89. The monoisotopic (exact) mass is 212 g/mol. The van der Waals surface area contributed by atoms with Crippen molar-refractivity contribution >= 4 is 0 Å². The zero-order valence-electron chi connectivity index (χ0n) is 8.80. The molecule has 0 radical (unpaired) electrons. The Kier molecular flexibility index (Phi) is 2.10. The Balaban J connectivity index is 1.97. The molecular weight excluding hydrogens is 200 g/mol. The zero-order chi connectivity index (χ0) is 11.0. The SMILES string of the molecule is Oc1ccccc1-c1ncc(C2CC2)cn1. The van der Waals surface area contributed by atoms with Gasteiger partial charge in [0, 0.05) is 12.4 Å². The summed E-state index contributed by atoms with van der Waals surface area (Å²) in [6, 6.07) is 7.12. The molecule has 0 unspecified atom stereocenters. The van der Waals surface area contributed by atoms with Crippen LogP contribution in [-0.2, 0) is 0 Å². The van der Waals surface area contributed by atoms with Gasteiger partial charge >= 0.3 is 0 Å². The normalized spacial score (nSPS) is 15.0. The first-order chi connectivity index (χ1) is 7.84. The lowest BCUT2D eigenvalue weighted by Gasteiger charge is -2.03. The van der Waals surface area contributed by atoms with Crippen LogP contribution in [0.15, 0.2) is 36.7 Å². The molecule has 0 atom stereocenters. The van der Waals surface area contributed by atoms with E-state index in [-0.39, 0.29) is 5.75 Å². The fraction of sp³-hybridized carbons (Fsp3) is 0.231. The number of rotatable bonds is 2. The highest BCUT2D eigenvalue weighted by molar-refractivity contribution is 5.63. The molecule has 1 N–H and O–H groups in total. The van der Waals surface area contributed by atoms with Crippen molar-refractivity contribution in [3.8, 4) is 17.1 Å². The number of hydrogen-bond acceptors (Lipinski definition) is 3. The highest BCUT2D eigenvalue weighted by Gasteiger charge is 2.24. The Labute approximate surface area is 93.8 Å². The van der Waals surface area contributed by atoms with E-state index in [2.05, 4.69) is 9.97 Å². The maximum Gasteiger partial charge on any atom is 0.162 e. The number of benzene rings is 1. The summed E-state index contributed by atoms with van der Waals surface area (Å²) in [6.07, 6.45) is 6.23. The molecule has 1 heterocycles. The number of aromatic hydroxyl groups is 1. The number of hydrogen-bond donors (Lipinski definition) is 1. The van der Waals surface area contributed by atoms with Crippen molar-refractivity contribution in [3.05, 3.63) is 42.2 Å². The summed E-state index contributed by atoms with van der Waals surface area (Å²) in [7, 11) is 0. The topological polar surface area (TPSA) is 46.0 Å². The molecule has 16 heavy (non-hydrogen) atoms. The van der Waals surface area contributed by atoms with Crippen molar-refractivity contribution in [1.82, 2.24) is 9.97 Å². The van der Waals surface area contributed by atoms with Crippen LogP contribution in [0.4, 0.5) is 0 Å². The Hall–Kier alpha value is -1.90. The third-order valence-corrected chi connectivity index (χ3v) is 2.87. The number of phenols is 1. The molecule has 1 aromatic heterocycles. The molecular formula is C13H12N2O. The van der Waals surface area contributed by atoms with Gasteiger partial charge in [-0.15, -0.1) is 0 Å². The first-order valence-corrected chi connectivity index (χ1v) is 5.45. The molecule has 0 bridgehead atoms. The quantitative estimate of drug-likeness (QED) is 0.832. The maximum atomic E-state index is 9.67. The lowest BCUT2D eigenvalue weighted by Crippen LogP contribution is -1.91. The number of nitrogens with zero attached hydrogens (tertiary/aromatic N) is 2. The minimum Gasteiger partial charge on any atom is -0.507 e. The van der Waals surface area contributed by atoms with Gasteiger partial charge in [-0.05, 0) is 36.5 Å². The third kappa shape index (κ3) is 1.65. The van der Waals surface area contributed by atoms with Gasteiger partial charge < -0.3 is 5.11 Å². The molecule has 2 aromatic rings. The van der Waals surface area contributed by atoms with Gasteiger partial charge in [-0.3, -0.25) is 0 Å². The molecule has 0 amide bonds. The first-order valence-electron chi connectivity index (χ1n) is 5.45. The van der Waals surface area contributed by atoms with Crippen molar-refractivity contribution in [2.45, 2.75) is 18.8 Å². The number of phenolic OH excluding ortho intramolecular Hbond substituents is 1. The Bertz CT molecular complexity index is 504. The summed E-state index contributed by atoms with van der Waals surface area (Å²) < 4.78 is 0. The molecule has 3 rings (SSSR count). The van der Waals surface area contributed by atoms with Crippen LogP contribution in [0.25, 0.3) is 11.4 Å². The standard InChI is InChI=1S/C13H12N2O/c16-12-4-2-1-3-11(12)13-14-7-10(8-15-13)9-5-6-9/h1-4,7-9,16H,5-6H2. The summed E-state index contributed by atoms with van der Waals surface area (Å²) >= 11 is 0. The third-order valence-electron chi connectivity index (χ3n) is 2.87. The van der Waals surface area contributed by atoms with Crippen LogP contribution < -0.4 is 0 Å². The van der Waals surface area contributed by atoms with Crippen LogP contribution in [0.5, 0.6) is 5.75 Å². The molecule has 1 aliphatic carbocycles. The van der Waals surface area contributed by atoms with Gasteiger partial charge in [-0.2, -0.15) is 0 Å². The van der Waals surface area contributed by atoms with Gasteiger partial charge in [0.2, 0.25) is 0 Å². The van der Waals surface area contributed by atoms with Crippen molar-refractivity contribution in [2.75, 3.05) is 0 Å². The summed E-state index contributed by atoms with van der Waals surface area (Å²) in [4.78, 5) is 8.60. The van der Waals surface area contributed by atoms with E-state index in [1.165, 1.54) is 18.4 Å². The second-order valence-electron chi connectivity index (χ2n) is 4.13. The van der Waals surface area contributed by atoms with E-state index in [1.54, 1.807) is 12.1 Å². The largest absolute Gasteiger partial charge is 0.507 e. The van der Waals surface area contributed by atoms with Gasteiger partial charge in [0.15, 0.2) is 5.82 Å². The Morgan fingerprint density at radius 1 is 1.06 bits per heavy atom. The number of para-hydroxylation sites is 1. The minimum absolute atomic E-state index is 0.224.